The van der Waals surface area contributed by atoms with Gasteiger partial charge in [0.15, 0.2) is 22.5 Å². The molecule has 2 saturated heterocycles. The fourth-order valence-corrected chi connectivity index (χ4v) is 6.64. The summed E-state index contributed by atoms with van der Waals surface area (Å²) in [6.07, 6.45) is 4.28. The average Bonchev–Trinajstić information content (AvgIpc) is 3.37. The van der Waals surface area contributed by atoms with E-state index in [1.165, 1.54) is 0 Å². The topological polar surface area (TPSA) is 167 Å². The van der Waals surface area contributed by atoms with E-state index in [1.807, 2.05) is 4.90 Å². The summed E-state index contributed by atoms with van der Waals surface area (Å²) in [6.45, 7) is 5.59. The van der Waals surface area contributed by atoms with Crippen molar-refractivity contribution in [3.05, 3.63) is 33.7 Å². The summed E-state index contributed by atoms with van der Waals surface area (Å²) in [5, 5.41) is 13.2. The number of rotatable bonds is 6. The van der Waals surface area contributed by atoms with Crippen molar-refractivity contribution in [2.24, 2.45) is 0 Å². The van der Waals surface area contributed by atoms with Crippen molar-refractivity contribution >= 4 is 52.5 Å². The first-order chi connectivity index (χ1) is 19.7. The molecular formula is C27H37Cl2N9O3. The number of amides is 2. The molecule has 0 spiro atoms. The van der Waals surface area contributed by atoms with Crippen LogP contribution in [0.25, 0.3) is 0 Å². The Balaban J connectivity index is 1.20. The van der Waals surface area contributed by atoms with E-state index >= 15 is 0 Å². The van der Waals surface area contributed by atoms with Crippen LogP contribution in [-0.2, 0) is 0 Å². The molecule has 5 rings (SSSR count). The van der Waals surface area contributed by atoms with Crippen molar-refractivity contribution in [3.63, 3.8) is 0 Å². The highest BCUT2D eigenvalue weighted by atomic mass is 35.5. The molecule has 0 bridgehead atoms. The molecule has 1 aliphatic carbocycles. The SMILES string of the molecule is CC[C@H]1CN(c2nc(N)c(C(=O)NC3CCCC3O)nc2Cl)CCN1C1CCN(C(=O)c2ccc(Cl)nc2N)CC1. The normalized spacial score (nSPS) is 24.0. The number of aliphatic hydroxyl groups excluding tert-OH is 1. The number of hydrogen-bond donors (Lipinski definition) is 4. The Morgan fingerprint density at radius 1 is 1.02 bits per heavy atom. The highest BCUT2D eigenvalue weighted by Crippen LogP contribution is 2.30. The molecule has 2 aliphatic heterocycles. The highest BCUT2D eigenvalue weighted by Gasteiger charge is 2.36. The predicted molar refractivity (Wildman–Crippen MR) is 158 cm³/mol. The number of nitrogens with two attached hydrogens (primary N) is 2. The van der Waals surface area contributed by atoms with E-state index in [0.29, 0.717) is 56.4 Å². The zero-order chi connectivity index (χ0) is 29.3. The van der Waals surface area contributed by atoms with Gasteiger partial charge in [-0.2, -0.15) is 0 Å². The van der Waals surface area contributed by atoms with Crippen LogP contribution in [0.3, 0.4) is 0 Å². The van der Waals surface area contributed by atoms with E-state index in [-0.39, 0.29) is 45.6 Å². The zero-order valence-corrected chi connectivity index (χ0v) is 24.6. The highest BCUT2D eigenvalue weighted by molar-refractivity contribution is 6.32. The van der Waals surface area contributed by atoms with Gasteiger partial charge in [0, 0.05) is 44.8 Å². The molecule has 0 aromatic carbocycles. The van der Waals surface area contributed by atoms with Crippen LogP contribution < -0.4 is 21.7 Å². The fourth-order valence-electron chi connectivity index (χ4n) is 6.24. The molecule has 1 saturated carbocycles. The van der Waals surface area contributed by atoms with Crippen molar-refractivity contribution in [1.29, 1.82) is 0 Å². The zero-order valence-electron chi connectivity index (χ0n) is 23.1. The van der Waals surface area contributed by atoms with E-state index in [1.54, 1.807) is 12.1 Å². The quantitative estimate of drug-likeness (QED) is 0.358. The number of anilines is 3. The predicted octanol–water partition coefficient (Wildman–Crippen LogP) is 2.19. The van der Waals surface area contributed by atoms with Crippen LogP contribution in [0.5, 0.6) is 0 Å². The number of halogens is 2. The van der Waals surface area contributed by atoms with E-state index in [9.17, 15) is 14.7 Å². The Hall–Kier alpha value is -2.93. The second-order valence-corrected chi connectivity index (χ2v) is 11.7. The number of nitrogen functional groups attached to an aromatic ring is 2. The number of likely N-dealkylation sites (tertiary alicyclic amines) is 1. The number of nitrogens with zero attached hydrogens (tertiary/aromatic N) is 6. The molecule has 0 radical (unpaired) electrons. The summed E-state index contributed by atoms with van der Waals surface area (Å²) in [4.78, 5) is 45.0. The first kappa shape index (κ1) is 29.6. The van der Waals surface area contributed by atoms with Gasteiger partial charge in [0.25, 0.3) is 11.8 Å². The standard InChI is InChI=1S/C27H37Cl2N9O3/c1-2-15-14-37(25-22(29)34-21(24(31)35-25)26(40)32-18-4-3-5-19(18)39)12-13-38(15)16-8-10-36(11-9-16)27(41)17-6-7-20(28)33-23(17)30/h6-7,15-16,18-19,39H,2-5,8-14H2,1H3,(H2,30,33)(H2,31,35)(H,32,40)/t15-,18?,19?/m0/s1. The second-order valence-electron chi connectivity index (χ2n) is 11.0. The summed E-state index contributed by atoms with van der Waals surface area (Å²) < 4.78 is 0. The molecular weight excluding hydrogens is 569 g/mol. The number of piperidine rings is 1. The maximum atomic E-state index is 13.0. The molecule has 14 heteroatoms. The number of hydrogen-bond acceptors (Lipinski definition) is 10. The Morgan fingerprint density at radius 2 is 1.78 bits per heavy atom. The van der Waals surface area contributed by atoms with Crippen LogP contribution in [0, 0.1) is 0 Å². The Labute approximate surface area is 249 Å². The third-order valence-electron chi connectivity index (χ3n) is 8.52. The maximum Gasteiger partial charge on any atom is 0.274 e. The lowest BCUT2D eigenvalue weighted by molar-refractivity contribution is 0.0491. The average molecular weight is 607 g/mol. The van der Waals surface area contributed by atoms with Crippen LogP contribution in [0.15, 0.2) is 12.1 Å². The molecule has 2 amide bonds. The number of nitrogens with one attached hydrogen (secondary N) is 1. The Kier molecular flexibility index (Phi) is 9.03. The van der Waals surface area contributed by atoms with Gasteiger partial charge in [-0.3, -0.25) is 14.5 Å². The molecule has 2 unspecified atom stereocenters. The van der Waals surface area contributed by atoms with E-state index in [4.69, 9.17) is 34.7 Å². The second kappa shape index (κ2) is 12.5. The van der Waals surface area contributed by atoms with Gasteiger partial charge in [0.1, 0.15) is 11.0 Å². The van der Waals surface area contributed by atoms with Gasteiger partial charge >= 0.3 is 0 Å². The van der Waals surface area contributed by atoms with E-state index in [0.717, 1.165) is 32.2 Å². The molecule has 6 N–H and O–H groups in total. The fraction of sp³-hybridized carbons (Fsp3) is 0.593. The molecule has 3 fully saturated rings. The van der Waals surface area contributed by atoms with Crippen molar-refractivity contribution in [2.45, 2.75) is 69.7 Å². The van der Waals surface area contributed by atoms with E-state index < -0.39 is 12.0 Å². The number of carbonyl (C=O) groups excluding carboxylic acids is 2. The smallest absolute Gasteiger partial charge is 0.274 e. The van der Waals surface area contributed by atoms with Gasteiger partial charge < -0.3 is 31.7 Å². The van der Waals surface area contributed by atoms with Gasteiger partial charge in [0.2, 0.25) is 0 Å². The van der Waals surface area contributed by atoms with Gasteiger partial charge in [-0.05, 0) is 50.7 Å². The number of carbonyl (C=O) groups is 2. The summed E-state index contributed by atoms with van der Waals surface area (Å²) >= 11 is 12.4. The van der Waals surface area contributed by atoms with Crippen LogP contribution >= 0.6 is 23.2 Å². The van der Waals surface area contributed by atoms with Crippen LogP contribution in [0.4, 0.5) is 17.5 Å². The minimum absolute atomic E-state index is 0.0124. The molecule has 12 nitrogen and oxygen atoms in total. The summed E-state index contributed by atoms with van der Waals surface area (Å²) in [7, 11) is 0. The van der Waals surface area contributed by atoms with Crippen molar-refractivity contribution < 1.29 is 14.7 Å². The lowest BCUT2D eigenvalue weighted by Gasteiger charge is -2.47. The van der Waals surface area contributed by atoms with Crippen molar-refractivity contribution in [2.75, 3.05) is 49.1 Å². The summed E-state index contributed by atoms with van der Waals surface area (Å²) in [6, 6.07) is 3.48. The Bertz CT molecular complexity index is 1290. The molecule has 222 valence electrons. The van der Waals surface area contributed by atoms with Crippen LogP contribution in [0.1, 0.15) is 66.3 Å². The molecule has 4 heterocycles. The summed E-state index contributed by atoms with van der Waals surface area (Å²) in [5.74, 6) is 0.0259. The monoisotopic (exact) mass is 605 g/mol. The van der Waals surface area contributed by atoms with E-state index in [2.05, 4.69) is 37.0 Å². The number of aliphatic hydroxyl groups is 1. The van der Waals surface area contributed by atoms with Crippen LogP contribution in [-0.4, -0.2) is 98.6 Å². The maximum absolute atomic E-state index is 13.0. The summed E-state index contributed by atoms with van der Waals surface area (Å²) in [5.41, 5.74) is 12.5. The largest absolute Gasteiger partial charge is 0.391 e. The molecule has 3 atom stereocenters. The minimum Gasteiger partial charge on any atom is -0.391 e. The van der Waals surface area contributed by atoms with Gasteiger partial charge in [-0.1, -0.05) is 30.1 Å². The molecule has 41 heavy (non-hydrogen) atoms. The molecule has 2 aromatic rings. The number of pyridine rings is 1. The third kappa shape index (κ3) is 6.30. The lowest BCUT2D eigenvalue weighted by atomic mass is 9.97. The van der Waals surface area contributed by atoms with Crippen molar-refractivity contribution in [3.8, 4) is 0 Å². The first-order valence-electron chi connectivity index (χ1n) is 14.2. The Morgan fingerprint density at radius 3 is 2.44 bits per heavy atom. The molecule has 3 aliphatic rings. The lowest BCUT2D eigenvalue weighted by Crippen LogP contribution is -2.58. The van der Waals surface area contributed by atoms with Gasteiger partial charge in [-0.15, -0.1) is 0 Å². The van der Waals surface area contributed by atoms with Gasteiger partial charge in [-0.25, -0.2) is 15.0 Å². The third-order valence-corrected chi connectivity index (χ3v) is 8.98. The number of aromatic nitrogens is 3. The van der Waals surface area contributed by atoms with Crippen molar-refractivity contribution in [1.82, 2.24) is 30.1 Å². The van der Waals surface area contributed by atoms with Gasteiger partial charge in [0.05, 0.1) is 17.7 Å². The minimum atomic E-state index is -0.572. The van der Waals surface area contributed by atoms with Crippen LogP contribution in [0.2, 0.25) is 10.3 Å². The molecule has 2 aromatic heterocycles. The first-order valence-corrected chi connectivity index (χ1v) is 15.0. The number of piperazine rings is 1.